The molecule has 0 aliphatic carbocycles. The zero-order valence-corrected chi connectivity index (χ0v) is 12.5. The first kappa shape index (κ1) is 15.9. The van der Waals surface area contributed by atoms with Crippen molar-refractivity contribution in [1.29, 1.82) is 0 Å². The molecule has 0 aliphatic heterocycles. The van der Waals surface area contributed by atoms with Gasteiger partial charge in [-0.3, -0.25) is 4.79 Å². The van der Waals surface area contributed by atoms with Gasteiger partial charge in [0.05, 0.1) is 6.61 Å². The molecule has 6 heteroatoms. The monoisotopic (exact) mass is 330 g/mol. The molecule has 1 amide bonds. The summed E-state index contributed by atoms with van der Waals surface area (Å²) in [5.41, 5.74) is 6.54. The van der Waals surface area contributed by atoms with E-state index < -0.39 is 0 Å². The lowest BCUT2D eigenvalue weighted by atomic mass is 10.1. The summed E-state index contributed by atoms with van der Waals surface area (Å²) in [5.74, 6) is 0.522. The molecule has 0 heterocycles. The number of nitrogens with two attached hydrogens (primary N) is 1. The summed E-state index contributed by atoms with van der Waals surface area (Å²) in [7, 11) is 1.59. The summed E-state index contributed by atoms with van der Waals surface area (Å²) in [6, 6.07) is 5.65. The molecule has 0 saturated heterocycles. The third-order valence-corrected chi connectivity index (χ3v) is 2.92. The van der Waals surface area contributed by atoms with Crippen LogP contribution in [0.4, 0.5) is 0 Å². The number of benzene rings is 1. The summed E-state index contributed by atoms with van der Waals surface area (Å²) in [5, 5.41) is 2.69. The largest absolute Gasteiger partial charge is 0.483 e. The van der Waals surface area contributed by atoms with Crippen molar-refractivity contribution in [3.05, 3.63) is 28.2 Å². The molecule has 0 aliphatic rings. The Morgan fingerprint density at radius 3 is 2.95 bits per heavy atom. The van der Waals surface area contributed by atoms with Crippen LogP contribution in [0.2, 0.25) is 0 Å². The van der Waals surface area contributed by atoms with Crippen LogP contribution in [-0.4, -0.2) is 39.3 Å². The number of rotatable bonds is 8. The summed E-state index contributed by atoms with van der Waals surface area (Å²) >= 11 is 3.40. The number of hydrogen-bond acceptors (Lipinski definition) is 4. The fourth-order valence-corrected chi connectivity index (χ4v) is 1.94. The highest BCUT2D eigenvalue weighted by Crippen LogP contribution is 2.23. The Hall–Kier alpha value is -1.11. The van der Waals surface area contributed by atoms with Crippen LogP contribution in [0.15, 0.2) is 22.7 Å². The van der Waals surface area contributed by atoms with Crippen LogP contribution in [0.25, 0.3) is 0 Å². The van der Waals surface area contributed by atoms with E-state index in [0.29, 0.717) is 31.9 Å². The molecule has 0 bridgehead atoms. The molecule has 0 unspecified atom stereocenters. The van der Waals surface area contributed by atoms with E-state index in [1.165, 1.54) is 0 Å². The van der Waals surface area contributed by atoms with Crippen molar-refractivity contribution in [1.82, 2.24) is 5.32 Å². The maximum atomic E-state index is 11.5. The lowest BCUT2D eigenvalue weighted by Crippen LogP contribution is -2.31. The second kappa shape index (κ2) is 8.90. The average molecular weight is 331 g/mol. The van der Waals surface area contributed by atoms with E-state index in [0.717, 1.165) is 10.0 Å². The van der Waals surface area contributed by atoms with Gasteiger partial charge in [0.25, 0.3) is 5.91 Å². The van der Waals surface area contributed by atoms with E-state index in [2.05, 4.69) is 21.2 Å². The summed E-state index contributed by atoms with van der Waals surface area (Å²) in [4.78, 5) is 11.5. The Morgan fingerprint density at radius 1 is 1.47 bits per heavy atom. The van der Waals surface area contributed by atoms with Crippen LogP contribution in [0.1, 0.15) is 5.56 Å². The molecular weight excluding hydrogens is 312 g/mol. The minimum Gasteiger partial charge on any atom is -0.483 e. The number of methoxy groups -OCH3 is 1. The third-order valence-electron chi connectivity index (χ3n) is 2.42. The van der Waals surface area contributed by atoms with Crippen LogP contribution in [0.5, 0.6) is 5.75 Å². The molecule has 1 aromatic rings. The SMILES string of the molecule is COCCNC(=O)COc1ccc(Br)cc1CCN. The highest BCUT2D eigenvalue weighted by molar-refractivity contribution is 9.10. The predicted molar refractivity (Wildman–Crippen MR) is 77.3 cm³/mol. The van der Waals surface area contributed by atoms with Crippen molar-refractivity contribution in [3.8, 4) is 5.75 Å². The molecule has 0 saturated carbocycles. The fraction of sp³-hybridized carbons (Fsp3) is 0.462. The zero-order valence-electron chi connectivity index (χ0n) is 10.9. The van der Waals surface area contributed by atoms with Crippen molar-refractivity contribution in [2.45, 2.75) is 6.42 Å². The molecular formula is C13H19BrN2O3. The number of amides is 1. The number of carbonyl (C=O) groups is 1. The van der Waals surface area contributed by atoms with Gasteiger partial charge in [-0.25, -0.2) is 0 Å². The summed E-state index contributed by atoms with van der Waals surface area (Å²) in [6.45, 7) is 1.49. The maximum Gasteiger partial charge on any atom is 0.258 e. The number of nitrogens with one attached hydrogen (secondary N) is 1. The topological polar surface area (TPSA) is 73.6 Å². The molecule has 5 nitrogen and oxygen atoms in total. The highest BCUT2D eigenvalue weighted by atomic mass is 79.9. The van der Waals surface area contributed by atoms with Gasteiger partial charge < -0.3 is 20.5 Å². The van der Waals surface area contributed by atoms with Gasteiger partial charge in [0.15, 0.2) is 6.61 Å². The van der Waals surface area contributed by atoms with Crippen LogP contribution < -0.4 is 15.8 Å². The number of ether oxygens (including phenoxy) is 2. The van der Waals surface area contributed by atoms with E-state index in [1.54, 1.807) is 7.11 Å². The predicted octanol–water partition coefficient (Wildman–Crippen LogP) is 1.09. The van der Waals surface area contributed by atoms with Crippen molar-refractivity contribution in [2.75, 3.05) is 33.4 Å². The third kappa shape index (κ3) is 6.04. The van der Waals surface area contributed by atoms with Crippen LogP contribution in [0, 0.1) is 0 Å². The molecule has 3 N–H and O–H groups in total. The second-order valence-corrected chi connectivity index (χ2v) is 4.84. The van der Waals surface area contributed by atoms with E-state index >= 15 is 0 Å². The zero-order chi connectivity index (χ0) is 14.1. The Morgan fingerprint density at radius 2 is 2.26 bits per heavy atom. The Kier molecular flexibility index (Phi) is 7.47. The first-order valence-electron chi connectivity index (χ1n) is 6.04. The van der Waals surface area contributed by atoms with E-state index in [1.807, 2.05) is 18.2 Å². The molecule has 0 fully saturated rings. The molecule has 0 radical (unpaired) electrons. The Balaban J connectivity index is 2.50. The standard InChI is InChI=1S/C13H19BrN2O3/c1-18-7-6-16-13(17)9-19-12-3-2-11(14)8-10(12)4-5-15/h2-3,8H,4-7,9,15H2,1H3,(H,16,17). The molecule has 0 spiro atoms. The number of hydrogen-bond donors (Lipinski definition) is 2. The fourth-order valence-electron chi connectivity index (χ4n) is 1.53. The average Bonchev–Trinajstić information content (AvgIpc) is 2.38. The summed E-state index contributed by atoms with van der Waals surface area (Å²) in [6.07, 6.45) is 0.708. The van der Waals surface area contributed by atoms with Gasteiger partial charge >= 0.3 is 0 Å². The molecule has 1 aromatic carbocycles. The van der Waals surface area contributed by atoms with Crippen LogP contribution >= 0.6 is 15.9 Å². The number of carbonyl (C=O) groups excluding carboxylic acids is 1. The maximum absolute atomic E-state index is 11.5. The molecule has 1 rings (SSSR count). The van der Waals surface area contributed by atoms with Gasteiger partial charge in [0.1, 0.15) is 5.75 Å². The van der Waals surface area contributed by atoms with E-state index in [4.69, 9.17) is 15.2 Å². The normalized spacial score (nSPS) is 10.3. The molecule has 106 valence electrons. The second-order valence-electron chi connectivity index (χ2n) is 3.92. The van der Waals surface area contributed by atoms with Crippen LogP contribution in [-0.2, 0) is 16.0 Å². The lowest BCUT2D eigenvalue weighted by Gasteiger charge is -2.11. The van der Waals surface area contributed by atoms with Gasteiger partial charge in [-0.05, 0) is 36.7 Å². The van der Waals surface area contributed by atoms with Crippen LogP contribution in [0.3, 0.4) is 0 Å². The quantitative estimate of drug-likeness (QED) is 0.700. The van der Waals surface area contributed by atoms with Crippen molar-refractivity contribution in [2.24, 2.45) is 5.73 Å². The van der Waals surface area contributed by atoms with E-state index in [9.17, 15) is 4.79 Å². The molecule has 19 heavy (non-hydrogen) atoms. The van der Waals surface area contributed by atoms with Gasteiger partial charge in [-0.2, -0.15) is 0 Å². The van der Waals surface area contributed by atoms with E-state index in [-0.39, 0.29) is 12.5 Å². The van der Waals surface area contributed by atoms with Crippen molar-refractivity contribution < 1.29 is 14.3 Å². The first-order valence-corrected chi connectivity index (χ1v) is 6.83. The minimum atomic E-state index is -0.168. The smallest absolute Gasteiger partial charge is 0.258 e. The molecule has 0 atom stereocenters. The van der Waals surface area contributed by atoms with Gasteiger partial charge in [-0.15, -0.1) is 0 Å². The Bertz CT molecular complexity index is 413. The van der Waals surface area contributed by atoms with Gasteiger partial charge in [0, 0.05) is 18.1 Å². The van der Waals surface area contributed by atoms with Gasteiger partial charge in [0.2, 0.25) is 0 Å². The Labute approximate surface area is 121 Å². The minimum absolute atomic E-state index is 0.0110. The number of halogens is 1. The summed E-state index contributed by atoms with van der Waals surface area (Å²) < 4.78 is 11.3. The van der Waals surface area contributed by atoms with Gasteiger partial charge in [-0.1, -0.05) is 15.9 Å². The van der Waals surface area contributed by atoms with Crippen molar-refractivity contribution >= 4 is 21.8 Å². The molecule has 0 aromatic heterocycles. The van der Waals surface area contributed by atoms with Crippen molar-refractivity contribution in [3.63, 3.8) is 0 Å². The highest BCUT2D eigenvalue weighted by Gasteiger charge is 2.07. The lowest BCUT2D eigenvalue weighted by molar-refractivity contribution is -0.123. The first-order chi connectivity index (χ1) is 9.17.